The summed E-state index contributed by atoms with van der Waals surface area (Å²) >= 11 is 3.43. The SMILES string of the molecule is Cc1cc(C(=O)Nc2ccc(Br)c(C)c2)c(C)nn1. The van der Waals surface area contributed by atoms with Gasteiger partial charge in [0.1, 0.15) is 0 Å². The van der Waals surface area contributed by atoms with Gasteiger partial charge in [-0.2, -0.15) is 10.2 Å². The number of anilines is 1. The fraction of sp³-hybridized carbons (Fsp3) is 0.214. The van der Waals surface area contributed by atoms with Crippen molar-refractivity contribution in [1.82, 2.24) is 10.2 Å². The lowest BCUT2D eigenvalue weighted by Gasteiger charge is -2.08. The lowest BCUT2D eigenvalue weighted by molar-refractivity contribution is 0.102. The molecule has 98 valence electrons. The molecule has 1 aromatic heterocycles. The standard InChI is InChI=1S/C14H14BrN3O/c1-8-6-11(4-5-13(8)15)16-14(19)12-7-9(2)17-18-10(12)3/h4-7H,1-3H3,(H,16,19). The lowest BCUT2D eigenvalue weighted by Crippen LogP contribution is -2.15. The summed E-state index contributed by atoms with van der Waals surface area (Å²) in [6, 6.07) is 7.42. The van der Waals surface area contributed by atoms with Crippen LogP contribution in [0.3, 0.4) is 0 Å². The fourth-order valence-corrected chi connectivity index (χ4v) is 1.95. The second-order valence-corrected chi connectivity index (χ2v) is 5.26. The van der Waals surface area contributed by atoms with Crippen molar-refractivity contribution in [3.63, 3.8) is 0 Å². The third-order valence-electron chi connectivity index (χ3n) is 2.76. The van der Waals surface area contributed by atoms with E-state index in [1.54, 1.807) is 13.0 Å². The van der Waals surface area contributed by atoms with E-state index in [9.17, 15) is 4.79 Å². The van der Waals surface area contributed by atoms with Crippen LogP contribution in [0.4, 0.5) is 5.69 Å². The van der Waals surface area contributed by atoms with Crippen molar-refractivity contribution < 1.29 is 4.79 Å². The Kier molecular flexibility index (Phi) is 3.95. The molecule has 0 unspecified atom stereocenters. The zero-order valence-electron chi connectivity index (χ0n) is 11.0. The first kappa shape index (κ1) is 13.7. The number of rotatable bonds is 2. The van der Waals surface area contributed by atoms with Crippen LogP contribution in [0, 0.1) is 20.8 Å². The van der Waals surface area contributed by atoms with Gasteiger partial charge in [0, 0.05) is 10.2 Å². The zero-order chi connectivity index (χ0) is 14.0. The van der Waals surface area contributed by atoms with E-state index in [-0.39, 0.29) is 5.91 Å². The van der Waals surface area contributed by atoms with Crippen LogP contribution in [-0.2, 0) is 0 Å². The second-order valence-electron chi connectivity index (χ2n) is 4.40. The molecule has 0 fully saturated rings. The van der Waals surface area contributed by atoms with E-state index in [1.807, 2.05) is 32.0 Å². The zero-order valence-corrected chi connectivity index (χ0v) is 12.6. The van der Waals surface area contributed by atoms with Gasteiger partial charge >= 0.3 is 0 Å². The normalized spacial score (nSPS) is 10.3. The van der Waals surface area contributed by atoms with Gasteiger partial charge in [-0.3, -0.25) is 4.79 Å². The number of aromatic nitrogens is 2. The van der Waals surface area contributed by atoms with E-state index in [1.165, 1.54) is 0 Å². The molecule has 0 aliphatic carbocycles. The number of amides is 1. The molecule has 0 aliphatic rings. The summed E-state index contributed by atoms with van der Waals surface area (Å²) in [5.41, 5.74) is 3.73. The minimum Gasteiger partial charge on any atom is -0.322 e. The number of hydrogen-bond acceptors (Lipinski definition) is 3. The highest BCUT2D eigenvalue weighted by Gasteiger charge is 2.11. The van der Waals surface area contributed by atoms with Crippen molar-refractivity contribution in [3.8, 4) is 0 Å². The molecular weight excluding hydrogens is 306 g/mol. The highest BCUT2D eigenvalue weighted by atomic mass is 79.9. The molecule has 0 atom stereocenters. The van der Waals surface area contributed by atoms with E-state index >= 15 is 0 Å². The lowest BCUT2D eigenvalue weighted by atomic mass is 10.1. The Morgan fingerprint density at radius 2 is 1.89 bits per heavy atom. The molecule has 0 spiro atoms. The van der Waals surface area contributed by atoms with Gasteiger partial charge in [-0.15, -0.1) is 0 Å². The number of carbonyl (C=O) groups is 1. The summed E-state index contributed by atoms with van der Waals surface area (Å²) in [5, 5.41) is 10.7. The minimum absolute atomic E-state index is 0.169. The van der Waals surface area contributed by atoms with E-state index in [4.69, 9.17) is 0 Å². The summed E-state index contributed by atoms with van der Waals surface area (Å²) < 4.78 is 1.02. The monoisotopic (exact) mass is 319 g/mol. The van der Waals surface area contributed by atoms with Gasteiger partial charge in [-0.25, -0.2) is 0 Å². The van der Waals surface area contributed by atoms with Crippen LogP contribution in [0.2, 0.25) is 0 Å². The smallest absolute Gasteiger partial charge is 0.257 e. The van der Waals surface area contributed by atoms with Gasteiger partial charge in [-0.1, -0.05) is 15.9 Å². The average Bonchev–Trinajstić information content (AvgIpc) is 2.36. The van der Waals surface area contributed by atoms with E-state index in [0.29, 0.717) is 11.3 Å². The van der Waals surface area contributed by atoms with Crippen LogP contribution >= 0.6 is 15.9 Å². The van der Waals surface area contributed by atoms with Crippen molar-refractivity contribution in [1.29, 1.82) is 0 Å². The number of halogens is 1. The molecule has 0 saturated heterocycles. The molecule has 1 amide bonds. The molecule has 1 aromatic carbocycles. The number of hydrogen-bond donors (Lipinski definition) is 1. The molecule has 0 aliphatic heterocycles. The Bertz CT molecular complexity index is 641. The molecule has 1 N–H and O–H groups in total. The van der Waals surface area contributed by atoms with E-state index in [2.05, 4.69) is 31.4 Å². The van der Waals surface area contributed by atoms with Gasteiger partial charge in [0.2, 0.25) is 0 Å². The molecule has 2 rings (SSSR count). The van der Waals surface area contributed by atoms with Gasteiger partial charge < -0.3 is 5.32 Å². The van der Waals surface area contributed by atoms with E-state index < -0.39 is 0 Å². The Morgan fingerprint density at radius 1 is 1.16 bits per heavy atom. The fourth-order valence-electron chi connectivity index (χ4n) is 1.70. The van der Waals surface area contributed by atoms with Crippen molar-refractivity contribution in [2.24, 2.45) is 0 Å². The highest BCUT2D eigenvalue weighted by Crippen LogP contribution is 2.20. The highest BCUT2D eigenvalue weighted by molar-refractivity contribution is 9.10. The summed E-state index contributed by atoms with van der Waals surface area (Å²) in [6.07, 6.45) is 0. The summed E-state index contributed by atoms with van der Waals surface area (Å²) in [5.74, 6) is -0.169. The van der Waals surface area contributed by atoms with Crippen molar-refractivity contribution in [2.45, 2.75) is 20.8 Å². The summed E-state index contributed by atoms with van der Waals surface area (Å²) in [7, 11) is 0. The van der Waals surface area contributed by atoms with Crippen molar-refractivity contribution in [3.05, 3.63) is 51.3 Å². The molecule has 4 nitrogen and oxygen atoms in total. The van der Waals surface area contributed by atoms with Crippen LogP contribution < -0.4 is 5.32 Å². The first-order valence-corrected chi connectivity index (χ1v) is 6.65. The Hall–Kier alpha value is -1.75. The topological polar surface area (TPSA) is 54.9 Å². The quantitative estimate of drug-likeness (QED) is 0.922. The Balaban J connectivity index is 2.25. The number of nitrogens with zero attached hydrogens (tertiary/aromatic N) is 2. The average molecular weight is 320 g/mol. The largest absolute Gasteiger partial charge is 0.322 e. The molecule has 5 heteroatoms. The summed E-state index contributed by atoms with van der Waals surface area (Å²) in [4.78, 5) is 12.2. The predicted octanol–water partition coefficient (Wildman–Crippen LogP) is 3.42. The third-order valence-corrected chi connectivity index (χ3v) is 3.65. The summed E-state index contributed by atoms with van der Waals surface area (Å²) in [6.45, 7) is 5.56. The minimum atomic E-state index is -0.169. The molecule has 1 heterocycles. The molecule has 19 heavy (non-hydrogen) atoms. The first-order chi connectivity index (χ1) is 8.97. The van der Waals surface area contributed by atoms with Crippen LogP contribution in [0.1, 0.15) is 27.3 Å². The van der Waals surface area contributed by atoms with Crippen LogP contribution in [-0.4, -0.2) is 16.1 Å². The first-order valence-electron chi connectivity index (χ1n) is 5.86. The third kappa shape index (κ3) is 3.17. The maximum atomic E-state index is 12.2. The number of carbonyl (C=O) groups excluding carboxylic acids is 1. The van der Waals surface area contributed by atoms with Gasteiger partial charge in [0.15, 0.2) is 0 Å². The maximum Gasteiger partial charge on any atom is 0.257 e. The van der Waals surface area contributed by atoms with Gasteiger partial charge in [-0.05, 0) is 50.6 Å². The molecule has 0 radical (unpaired) electrons. The Morgan fingerprint density at radius 3 is 2.58 bits per heavy atom. The predicted molar refractivity (Wildman–Crippen MR) is 78.3 cm³/mol. The van der Waals surface area contributed by atoms with Crippen LogP contribution in [0.15, 0.2) is 28.7 Å². The van der Waals surface area contributed by atoms with Gasteiger partial charge in [0.25, 0.3) is 5.91 Å². The van der Waals surface area contributed by atoms with Crippen molar-refractivity contribution in [2.75, 3.05) is 5.32 Å². The van der Waals surface area contributed by atoms with Crippen LogP contribution in [0.5, 0.6) is 0 Å². The molecular formula is C14H14BrN3O. The second kappa shape index (κ2) is 5.48. The van der Waals surface area contributed by atoms with Gasteiger partial charge in [0.05, 0.1) is 17.0 Å². The Labute approximate surface area is 120 Å². The molecule has 2 aromatic rings. The number of nitrogens with one attached hydrogen (secondary N) is 1. The molecule has 0 bridgehead atoms. The number of aryl methyl sites for hydroxylation is 3. The van der Waals surface area contributed by atoms with Crippen molar-refractivity contribution >= 4 is 27.5 Å². The van der Waals surface area contributed by atoms with E-state index in [0.717, 1.165) is 21.4 Å². The van der Waals surface area contributed by atoms with Crippen LogP contribution in [0.25, 0.3) is 0 Å². The molecule has 0 saturated carbocycles. The number of benzene rings is 1. The maximum absolute atomic E-state index is 12.2.